The molecule has 7 heteroatoms. The van der Waals surface area contributed by atoms with E-state index in [1.54, 1.807) is 18.2 Å². The van der Waals surface area contributed by atoms with E-state index in [1.807, 2.05) is 0 Å². The Balaban J connectivity index is 1.60. The van der Waals surface area contributed by atoms with E-state index in [0.717, 1.165) is 23.7 Å². The van der Waals surface area contributed by atoms with Gasteiger partial charge < -0.3 is 9.73 Å². The van der Waals surface area contributed by atoms with Crippen LogP contribution in [0, 0.1) is 11.7 Å². The summed E-state index contributed by atoms with van der Waals surface area (Å²) in [6.45, 7) is 6.26. The van der Waals surface area contributed by atoms with E-state index in [0.29, 0.717) is 0 Å². The lowest BCUT2D eigenvalue weighted by atomic mass is 9.95. The highest BCUT2D eigenvalue weighted by Crippen LogP contribution is 2.26. The van der Waals surface area contributed by atoms with Crippen LogP contribution in [0.3, 0.4) is 0 Å². The van der Waals surface area contributed by atoms with Crippen LogP contribution in [0.5, 0.6) is 0 Å². The van der Waals surface area contributed by atoms with E-state index in [1.165, 1.54) is 11.6 Å². The molecule has 0 saturated heterocycles. The average molecular weight is 414 g/mol. The van der Waals surface area contributed by atoms with Gasteiger partial charge in [0.25, 0.3) is 11.1 Å². The van der Waals surface area contributed by atoms with Gasteiger partial charge in [0.05, 0.1) is 17.4 Å². The summed E-state index contributed by atoms with van der Waals surface area (Å²) in [4.78, 5) is 12.5. The van der Waals surface area contributed by atoms with Crippen LogP contribution in [0.2, 0.25) is 0 Å². The summed E-state index contributed by atoms with van der Waals surface area (Å²) in [5.41, 5.74) is 2.59. The monoisotopic (exact) mass is 413 g/mol. The van der Waals surface area contributed by atoms with Crippen molar-refractivity contribution in [3.8, 4) is 11.5 Å². The fraction of sp³-hybridized carbons (Fsp3) is 0.318. The predicted octanol–water partition coefficient (Wildman–Crippen LogP) is 5.04. The minimum absolute atomic E-state index is 0.0781. The van der Waals surface area contributed by atoms with Crippen molar-refractivity contribution in [1.82, 2.24) is 15.5 Å². The van der Waals surface area contributed by atoms with E-state index in [9.17, 15) is 9.18 Å². The van der Waals surface area contributed by atoms with Crippen LogP contribution in [0.4, 0.5) is 4.39 Å². The van der Waals surface area contributed by atoms with Gasteiger partial charge in [-0.25, -0.2) is 4.39 Å². The number of carbonyl (C=O) groups is 1. The second-order valence-corrected chi connectivity index (χ2v) is 7.95. The molecule has 0 aliphatic heterocycles. The third-order valence-corrected chi connectivity index (χ3v) is 5.39. The zero-order chi connectivity index (χ0) is 20.8. The molecule has 3 aromatic rings. The maximum atomic E-state index is 13.8. The molecule has 0 aliphatic rings. The maximum Gasteiger partial charge on any atom is 0.277 e. The highest BCUT2D eigenvalue weighted by atomic mass is 32.2. The second-order valence-electron chi connectivity index (χ2n) is 7.03. The van der Waals surface area contributed by atoms with Gasteiger partial charge in [0.15, 0.2) is 0 Å². The fourth-order valence-electron chi connectivity index (χ4n) is 2.95. The van der Waals surface area contributed by atoms with Crippen LogP contribution < -0.4 is 5.32 Å². The molecule has 0 fully saturated rings. The third kappa shape index (κ3) is 5.44. The number of aromatic nitrogens is 2. The molecule has 1 aromatic heterocycles. The Morgan fingerprint density at radius 1 is 1.14 bits per heavy atom. The summed E-state index contributed by atoms with van der Waals surface area (Å²) in [7, 11) is 0. The first kappa shape index (κ1) is 21.0. The largest absolute Gasteiger partial charge is 0.411 e. The van der Waals surface area contributed by atoms with Crippen molar-refractivity contribution < 1.29 is 13.6 Å². The Morgan fingerprint density at radius 2 is 1.86 bits per heavy atom. The highest BCUT2D eigenvalue weighted by molar-refractivity contribution is 7.99. The molecule has 1 heterocycles. The quantitative estimate of drug-likeness (QED) is 0.524. The van der Waals surface area contributed by atoms with Crippen molar-refractivity contribution >= 4 is 17.7 Å². The van der Waals surface area contributed by atoms with E-state index < -0.39 is 5.82 Å². The van der Waals surface area contributed by atoms with Crippen molar-refractivity contribution in [2.45, 2.75) is 38.5 Å². The molecule has 0 radical (unpaired) electrons. The maximum absolute atomic E-state index is 13.8. The van der Waals surface area contributed by atoms with Gasteiger partial charge in [0, 0.05) is 0 Å². The van der Waals surface area contributed by atoms with E-state index >= 15 is 0 Å². The fourth-order valence-corrected chi connectivity index (χ4v) is 3.52. The Kier molecular flexibility index (Phi) is 7.04. The first-order chi connectivity index (χ1) is 14.0. The molecule has 5 nitrogen and oxygen atoms in total. The van der Waals surface area contributed by atoms with Gasteiger partial charge in [0.1, 0.15) is 5.82 Å². The lowest BCUT2D eigenvalue weighted by molar-refractivity contribution is -0.119. The molecule has 2 aromatic carbocycles. The zero-order valence-corrected chi connectivity index (χ0v) is 17.5. The van der Waals surface area contributed by atoms with Crippen molar-refractivity contribution in [3.63, 3.8) is 0 Å². The SMILES string of the molecule is CCc1ccc([C@@H](NC(=O)CSc2nnc(-c3ccccc3F)o2)C(C)C)cc1. The Labute approximate surface area is 174 Å². The summed E-state index contributed by atoms with van der Waals surface area (Å²) >= 11 is 1.13. The van der Waals surface area contributed by atoms with Gasteiger partial charge in [-0.2, -0.15) is 0 Å². The van der Waals surface area contributed by atoms with E-state index in [-0.39, 0.29) is 40.3 Å². The first-order valence-electron chi connectivity index (χ1n) is 9.57. The number of aryl methyl sites for hydroxylation is 1. The minimum atomic E-state index is -0.431. The number of carbonyl (C=O) groups excluding carboxylic acids is 1. The van der Waals surface area contributed by atoms with E-state index in [4.69, 9.17) is 4.42 Å². The van der Waals surface area contributed by atoms with E-state index in [2.05, 4.69) is 60.6 Å². The Morgan fingerprint density at radius 3 is 2.52 bits per heavy atom. The molecule has 0 bridgehead atoms. The first-order valence-corrected chi connectivity index (χ1v) is 10.6. The number of halogens is 1. The molecule has 29 heavy (non-hydrogen) atoms. The number of benzene rings is 2. The number of nitrogens with zero attached hydrogens (tertiary/aromatic N) is 2. The van der Waals surface area contributed by atoms with Crippen LogP contribution in [0.1, 0.15) is 37.9 Å². The molecular formula is C22H24FN3O2S. The zero-order valence-electron chi connectivity index (χ0n) is 16.7. The number of rotatable bonds is 8. The summed E-state index contributed by atoms with van der Waals surface area (Å²) in [6.07, 6.45) is 0.981. The van der Waals surface area contributed by atoms with Crippen LogP contribution >= 0.6 is 11.8 Å². The topological polar surface area (TPSA) is 68.0 Å². The molecule has 0 saturated carbocycles. The Hall–Kier alpha value is -2.67. The van der Waals surface area contributed by atoms with Crippen LogP contribution in [0.15, 0.2) is 58.2 Å². The summed E-state index contributed by atoms with van der Waals surface area (Å²) in [5.74, 6) is -0.0809. The molecular weight excluding hydrogens is 389 g/mol. The number of amides is 1. The summed E-state index contributed by atoms with van der Waals surface area (Å²) in [5, 5.41) is 11.1. The minimum Gasteiger partial charge on any atom is -0.411 e. The van der Waals surface area contributed by atoms with Gasteiger partial charge in [-0.15, -0.1) is 10.2 Å². The molecule has 0 spiro atoms. The van der Waals surface area contributed by atoms with Crippen molar-refractivity contribution in [2.24, 2.45) is 5.92 Å². The van der Waals surface area contributed by atoms with Gasteiger partial charge in [-0.05, 0) is 35.6 Å². The van der Waals surface area contributed by atoms with Gasteiger partial charge in [-0.3, -0.25) is 4.79 Å². The van der Waals surface area contributed by atoms with Crippen molar-refractivity contribution in [2.75, 3.05) is 5.75 Å². The molecule has 1 atom stereocenters. The molecule has 152 valence electrons. The molecule has 3 rings (SSSR count). The summed E-state index contributed by atoms with van der Waals surface area (Å²) in [6, 6.07) is 14.4. The molecule has 1 N–H and O–H groups in total. The van der Waals surface area contributed by atoms with Crippen molar-refractivity contribution in [1.29, 1.82) is 0 Å². The lowest BCUT2D eigenvalue weighted by Crippen LogP contribution is -2.33. The highest BCUT2D eigenvalue weighted by Gasteiger charge is 2.19. The number of hydrogen-bond acceptors (Lipinski definition) is 5. The van der Waals surface area contributed by atoms with Gasteiger partial charge in [-0.1, -0.05) is 68.9 Å². The van der Waals surface area contributed by atoms with Gasteiger partial charge in [0.2, 0.25) is 5.91 Å². The van der Waals surface area contributed by atoms with Crippen molar-refractivity contribution in [3.05, 3.63) is 65.5 Å². The standard InChI is InChI=1S/C22H24FN3O2S/c1-4-15-9-11-16(12-10-15)20(14(2)3)24-19(27)13-29-22-26-25-21(28-22)17-7-5-6-8-18(17)23/h5-12,14,20H,4,13H2,1-3H3,(H,24,27)/t20-/m0/s1. The smallest absolute Gasteiger partial charge is 0.277 e. The molecule has 0 aliphatic carbocycles. The number of thioether (sulfide) groups is 1. The van der Waals surface area contributed by atoms with Gasteiger partial charge >= 0.3 is 0 Å². The third-order valence-electron chi connectivity index (χ3n) is 4.57. The predicted molar refractivity (Wildman–Crippen MR) is 112 cm³/mol. The molecule has 1 amide bonds. The number of hydrogen-bond donors (Lipinski definition) is 1. The average Bonchev–Trinajstić information content (AvgIpc) is 3.19. The lowest BCUT2D eigenvalue weighted by Gasteiger charge is -2.23. The normalized spacial score (nSPS) is 12.2. The van der Waals surface area contributed by atoms with Crippen LogP contribution in [-0.4, -0.2) is 21.9 Å². The number of nitrogens with one attached hydrogen (secondary N) is 1. The molecule has 0 unspecified atom stereocenters. The van der Waals surface area contributed by atoms with Crippen LogP contribution in [-0.2, 0) is 11.2 Å². The Bertz CT molecular complexity index is 957. The summed E-state index contributed by atoms with van der Waals surface area (Å²) < 4.78 is 19.3. The van der Waals surface area contributed by atoms with Crippen LogP contribution in [0.25, 0.3) is 11.5 Å². The second kappa shape index (κ2) is 9.69.